The molecule has 0 bridgehead atoms. The molecule has 0 aliphatic heterocycles. The van der Waals surface area contributed by atoms with Crippen LogP contribution in [0, 0.1) is 0 Å². The molecule has 0 fully saturated rings. The van der Waals surface area contributed by atoms with Gasteiger partial charge in [-0.1, -0.05) is 97.3 Å². The predicted octanol–water partition coefficient (Wildman–Crippen LogP) is 6.71. The van der Waals surface area contributed by atoms with Crippen molar-refractivity contribution in [2.24, 2.45) is 0 Å². The standard InChI is InChI=1S/C25H43NO3/c1-3-5-7-9-10-11-12-13-14-15-16-18-21-24(28)22(20-23(27)25(21)29)26-19-17-8-6-4-2/h20,26,28H,3-19H2,1-2H3. The molecule has 0 aromatic carbocycles. The van der Waals surface area contributed by atoms with Crippen LogP contribution in [0.5, 0.6) is 0 Å². The second-order valence-corrected chi connectivity index (χ2v) is 8.35. The van der Waals surface area contributed by atoms with E-state index in [9.17, 15) is 14.7 Å². The van der Waals surface area contributed by atoms with Gasteiger partial charge < -0.3 is 10.4 Å². The Labute approximate surface area is 178 Å². The zero-order valence-electron chi connectivity index (χ0n) is 18.9. The zero-order chi connectivity index (χ0) is 21.3. The minimum Gasteiger partial charge on any atom is -0.505 e. The highest BCUT2D eigenvalue weighted by atomic mass is 16.3. The van der Waals surface area contributed by atoms with Gasteiger partial charge in [0.05, 0.1) is 5.70 Å². The molecule has 0 amide bonds. The van der Waals surface area contributed by atoms with Crippen LogP contribution in [0.4, 0.5) is 0 Å². The summed E-state index contributed by atoms with van der Waals surface area (Å²) in [5.74, 6) is -1.07. The first-order chi connectivity index (χ1) is 14.1. The monoisotopic (exact) mass is 405 g/mol. The molecule has 2 N–H and O–H groups in total. The second-order valence-electron chi connectivity index (χ2n) is 8.35. The van der Waals surface area contributed by atoms with E-state index in [2.05, 4.69) is 19.2 Å². The number of hydrogen-bond donors (Lipinski definition) is 2. The summed E-state index contributed by atoms with van der Waals surface area (Å²) in [5.41, 5.74) is 0.716. The lowest BCUT2D eigenvalue weighted by Crippen LogP contribution is -2.27. The van der Waals surface area contributed by atoms with Gasteiger partial charge in [-0.15, -0.1) is 0 Å². The van der Waals surface area contributed by atoms with Crippen molar-refractivity contribution in [3.63, 3.8) is 0 Å². The number of hydrogen-bond acceptors (Lipinski definition) is 4. The quantitative estimate of drug-likeness (QED) is 0.151. The summed E-state index contributed by atoms with van der Waals surface area (Å²) in [7, 11) is 0. The third-order valence-electron chi connectivity index (χ3n) is 5.69. The van der Waals surface area contributed by atoms with Crippen LogP contribution in [0.15, 0.2) is 23.1 Å². The molecule has 0 heterocycles. The van der Waals surface area contributed by atoms with Gasteiger partial charge >= 0.3 is 0 Å². The van der Waals surface area contributed by atoms with E-state index in [1.807, 2.05) is 0 Å². The van der Waals surface area contributed by atoms with Crippen molar-refractivity contribution >= 4 is 11.6 Å². The summed E-state index contributed by atoms with van der Waals surface area (Å²) in [6.07, 6.45) is 19.8. The van der Waals surface area contributed by atoms with Crippen LogP contribution < -0.4 is 5.32 Å². The Morgan fingerprint density at radius 2 is 1.21 bits per heavy atom. The molecule has 1 rings (SSSR count). The highest BCUT2D eigenvalue weighted by Crippen LogP contribution is 2.23. The lowest BCUT2D eigenvalue weighted by atomic mass is 9.93. The minimum atomic E-state index is -0.536. The van der Waals surface area contributed by atoms with Crippen LogP contribution in [0.3, 0.4) is 0 Å². The Hall–Kier alpha value is -1.58. The average molecular weight is 406 g/mol. The molecule has 0 spiro atoms. The number of carbonyl (C=O) groups is 2. The van der Waals surface area contributed by atoms with Crippen LogP contribution in [0.2, 0.25) is 0 Å². The van der Waals surface area contributed by atoms with Gasteiger partial charge in [0.1, 0.15) is 5.76 Å². The molecule has 0 saturated heterocycles. The van der Waals surface area contributed by atoms with Gasteiger partial charge in [-0.05, 0) is 19.3 Å². The molecule has 0 unspecified atom stereocenters. The molecule has 29 heavy (non-hydrogen) atoms. The number of rotatable bonds is 18. The fourth-order valence-electron chi connectivity index (χ4n) is 3.79. The molecule has 1 aliphatic carbocycles. The fraction of sp³-hybridized carbons (Fsp3) is 0.760. The smallest absolute Gasteiger partial charge is 0.232 e. The lowest BCUT2D eigenvalue weighted by molar-refractivity contribution is -0.132. The van der Waals surface area contributed by atoms with E-state index < -0.39 is 11.6 Å². The van der Waals surface area contributed by atoms with E-state index in [4.69, 9.17) is 0 Å². The second kappa shape index (κ2) is 16.2. The van der Waals surface area contributed by atoms with Crippen molar-refractivity contribution in [1.82, 2.24) is 5.32 Å². The number of unbranched alkanes of at least 4 members (excludes halogenated alkanes) is 13. The summed E-state index contributed by atoms with van der Waals surface area (Å²) in [4.78, 5) is 24.2. The summed E-state index contributed by atoms with van der Waals surface area (Å²) >= 11 is 0. The van der Waals surface area contributed by atoms with E-state index in [0.717, 1.165) is 32.1 Å². The van der Waals surface area contributed by atoms with E-state index in [1.165, 1.54) is 70.3 Å². The Balaban J connectivity index is 2.26. The maximum absolute atomic E-state index is 12.2. The maximum Gasteiger partial charge on any atom is 0.232 e. The zero-order valence-corrected chi connectivity index (χ0v) is 18.9. The summed E-state index contributed by atoms with van der Waals surface area (Å²) in [6, 6.07) is 0. The van der Waals surface area contributed by atoms with E-state index >= 15 is 0 Å². The largest absolute Gasteiger partial charge is 0.505 e. The van der Waals surface area contributed by atoms with Crippen LogP contribution >= 0.6 is 0 Å². The van der Waals surface area contributed by atoms with Gasteiger partial charge in [-0.3, -0.25) is 9.59 Å². The lowest BCUT2D eigenvalue weighted by Gasteiger charge is -2.17. The normalized spacial score (nSPS) is 14.5. The number of ketones is 2. The summed E-state index contributed by atoms with van der Waals surface area (Å²) < 4.78 is 0. The van der Waals surface area contributed by atoms with Gasteiger partial charge in [-0.25, -0.2) is 0 Å². The van der Waals surface area contributed by atoms with Crippen LogP contribution in [0.25, 0.3) is 0 Å². The summed E-state index contributed by atoms with van der Waals surface area (Å²) in [6.45, 7) is 5.12. The molecule has 4 nitrogen and oxygen atoms in total. The molecule has 166 valence electrons. The Morgan fingerprint density at radius 3 is 1.76 bits per heavy atom. The van der Waals surface area contributed by atoms with Crippen LogP contribution in [-0.2, 0) is 9.59 Å². The van der Waals surface area contributed by atoms with Crippen LogP contribution in [0.1, 0.15) is 117 Å². The molecule has 0 aromatic rings. The van der Waals surface area contributed by atoms with Crippen molar-refractivity contribution in [3.05, 3.63) is 23.1 Å². The van der Waals surface area contributed by atoms with Gasteiger partial charge in [-0.2, -0.15) is 0 Å². The molecule has 4 heteroatoms. The highest BCUT2D eigenvalue weighted by molar-refractivity contribution is 6.48. The fourth-order valence-corrected chi connectivity index (χ4v) is 3.79. The van der Waals surface area contributed by atoms with Crippen molar-refractivity contribution in [3.8, 4) is 0 Å². The molecule has 1 aliphatic rings. The topological polar surface area (TPSA) is 66.4 Å². The van der Waals surface area contributed by atoms with Gasteiger partial charge in [0, 0.05) is 18.2 Å². The summed E-state index contributed by atoms with van der Waals surface area (Å²) in [5, 5.41) is 13.6. The van der Waals surface area contributed by atoms with Crippen molar-refractivity contribution in [2.75, 3.05) is 6.54 Å². The molecular formula is C25H43NO3. The van der Waals surface area contributed by atoms with E-state index in [0.29, 0.717) is 24.2 Å². The molecular weight excluding hydrogens is 362 g/mol. The first-order valence-electron chi connectivity index (χ1n) is 12.1. The first kappa shape index (κ1) is 25.5. The Kier molecular flexibility index (Phi) is 14.3. The van der Waals surface area contributed by atoms with Gasteiger partial charge in [0.15, 0.2) is 0 Å². The van der Waals surface area contributed by atoms with E-state index in [-0.39, 0.29) is 5.76 Å². The highest BCUT2D eigenvalue weighted by Gasteiger charge is 2.28. The molecule has 0 radical (unpaired) electrons. The molecule has 0 aromatic heterocycles. The van der Waals surface area contributed by atoms with Crippen LogP contribution in [-0.4, -0.2) is 23.2 Å². The molecule has 0 saturated carbocycles. The van der Waals surface area contributed by atoms with Crippen molar-refractivity contribution in [1.29, 1.82) is 0 Å². The number of aliphatic hydroxyl groups excluding tert-OH is 1. The maximum atomic E-state index is 12.2. The van der Waals surface area contributed by atoms with Gasteiger partial charge in [0.25, 0.3) is 0 Å². The molecule has 0 atom stereocenters. The average Bonchev–Trinajstić information content (AvgIpc) is 2.71. The number of Topliss-reactive ketones (excluding diaryl/α,β-unsaturated/α-hetero) is 1. The number of nitrogens with one attached hydrogen (secondary N) is 1. The third kappa shape index (κ3) is 10.7. The predicted molar refractivity (Wildman–Crippen MR) is 121 cm³/mol. The van der Waals surface area contributed by atoms with E-state index in [1.54, 1.807) is 0 Å². The van der Waals surface area contributed by atoms with Gasteiger partial charge in [0.2, 0.25) is 11.6 Å². The number of carbonyl (C=O) groups excluding carboxylic acids is 2. The van der Waals surface area contributed by atoms with Crippen molar-refractivity contribution in [2.45, 2.75) is 117 Å². The van der Waals surface area contributed by atoms with Crippen molar-refractivity contribution < 1.29 is 14.7 Å². The minimum absolute atomic E-state index is 0.0165. The third-order valence-corrected chi connectivity index (χ3v) is 5.69. The Morgan fingerprint density at radius 1 is 0.724 bits per heavy atom. The Bertz CT molecular complexity index is 548. The SMILES string of the molecule is CCCCCCCCCCCCCC1=C(O)C(NCCCCCC)=CC(=O)C1=O. The number of allylic oxidation sites excluding steroid dienone is 2. The first-order valence-corrected chi connectivity index (χ1v) is 12.1. The number of aliphatic hydroxyl groups is 1.